The molecule has 2 nitrogen and oxygen atoms in total. The lowest BCUT2D eigenvalue weighted by molar-refractivity contribution is 0.188. The van der Waals surface area contributed by atoms with Gasteiger partial charge in [0.25, 0.3) is 0 Å². The van der Waals surface area contributed by atoms with Gasteiger partial charge in [-0.25, -0.2) is 0 Å². The molecular formula is C17H15BrO2. The Morgan fingerprint density at radius 1 is 1.05 bits per heavy atom. The second-order valence-electron chi connectivity index (χ2n) is 4.74. The maximum absolute atomic E-state index is 10.6. The van der Waals surface area contributed by atoms with Gasteiger partial charge in [-0.1, -0.05) is 53.2 Å². The van der Waals surface area contributed by atoms with Crippen LogP contribution >= 0.6 is 15.9 Å². The zero-order valence-corrected chi connectivity index (χ0v) is 12.7. The summed E-state index contributed by atoms with van der Waals surface area (Å²) in [7, 11) is 0. The summed E-state index contributed by atoms with van der Waals surface area (Å²) in [4.78, 5) is 0. The second-order valence-corrected chi connectivity index (χ2v) is 5.60. The SMILES string of the molecule is CCc1ccc(C(O)c2ccc(Br)c3ccccc23)o1. The fourth-order valence-corrected chi connectivity index (χ4v) is 2.89. The van der Waals surface area contributed by atoms with E-state index in [-0.39, 0.29) is 0 Å². The lowest BCUT2D eigenvalue weighted by Crippen LogP contribution is -1.99. The van der Waals surface area contributed by atoms with E-state index in [1.54, 1.807) is 0 Å². The van der Waals surface area contributed by atoms with E-state index in [0.717, 1.165) is 33.0 Å². The van der Waals surface area contributed by atoms with E-state index in [0.29, 0.717) is 5.76 Å². The van der Waals surface area contributed by atoms with Gasteiger partial charge < -0.3 is 9.52 Å². The van der Waals surface area contributed by atoms with Gasteiger partial charge in [0.15, 0.2) is 0 Å². The average molecular weight is 331 g/mol. The topological polar surface area (TPSA) is 33.4 Å². The number of hydrogen-bond acceptors (Lipinski definition) is 2. The van der Waals surface area contributed by atoms with Crippen molar-refractivity contribution < 1.29 is 9.52 Å². The van der Waals surface area contributed by atoms with Crippen LogP contribution in [0.2, 0.25) is 0 Å². The van der Waals surface area contributed by atoms with Crippen LogP contribution in [-0.2, 0) is 6.42 Å². The summed E-state index contributed by atoms with van der Waals surface area (Å²) in [6.07, 6.45) is 0.0849. The smallest absolute Gasteiger partial charge is 0.137 e. The molecule has 0 aliphatic carbocycles. The Labute approximate surface area is 126 Å². The molecule has 1 N–H and O–H groups in total. The molecule has 1 atom stereocenters. The molecule has 3 aromatic rings. The first-order valence-corrected chi connectivity index (χ1v) is 7.44. The van der Waals surface area contributed by atoms with Gasteiger partial charge in [0.2, 0.25) is 0 Å². The summed E-state index contributed by atoms with van der Waals surface area (Å²) in [5.41, 5.74) is 0.862. The Balaban J connectivity index is 2.12. The number of halogens is 1. The van der Waals surface area contributed by atoms with Gasteiger partial charge in [0.1, 0.15) is 17.6 Å². The lowest BCUT2D eigenvalue weighted by atomic mass is 9.99. The molecule has 0 bridgehead atoms. The Morgan fingerprint density at radius 3 is 2.50 bits per heavy atom. The Kier molecular flexibility index (Phi) is 3.64. The van der Waals surface area contributed by atoms with Crippen LogP contribution in [0.15, 0.2) is 57.4 Å². The molecule has 1 heterocycles. The molecule has 0 fully saturated rings. The van der Waals surface area contributed by atoms with Crippen LogP contribution in [-0.4, -0.2) is 5.11 Å². The molecular weight excluding hydrogens is 316 g/mol. The summed E-state index contributed by atoms with van der Waals surface area (Å²) >= 11 is 3.55. The number of fused-ring (bicyclic) bond motifs is 1. The zero-order chi connectivity index (χ0) is 14.1. The summed E-state index contributed by atoms with van der Waals surface area (Å²) < 4.78 is 6.69. The van der Waals surface area contributed by atoms with Crippen LogP contribution in [0, 0.1) is 0 Å². The fraction of sp³-hybridized carbons (Fsp3) is 0.176. The Hall–Kier alpha value is -1.58. The van der Waals surface area contributed by atoms with Gasteiger partial charge in [-0.15, -0.1) is 0 Å². The standard InChI is InChI=1S/C17H15BrO2/c1-2-11-7-10-16(20-11)17(19)14-8-9-15(18)13-6-4-3-5-12(13)14/h3-10,17,19H,2H2,1H3. The molecule has 0 saturated carbocycles. The van der Waals surface area contributed by atoms with Crippen LogP contribution < -0.4 is 0 Å². The Morgan fingerprint density at radius 2 is 1.80 bits per heavy atom. The third-order valence-corrected chi connectivity index (χ3v) is 4.19. The molecule has 2 aromatic carbocycles. The fourth-order valence-electron chi connectivity index (χ4n) is 2.41. The molecule has 3 rings (SSSR count). The van der Waals surface area contributed by atoms with Crippen LogP contribution in [0.1, 0.15) is 30.1 Å². The molecule has 0 saturated heterocycles. The highest BCUT2D eigenvalue weighted by molar-refractivity contribution is 9.10. The largest absolute Gasteiger partial charge is 0.463 e. The summed E-state index contributed by atoms with van der Waals surface area (Å²) in [6.45, 7) is 2.03. The van der Waals surface area contributed by atoms with Crippen molar-refractivity contribution in [2.75, 3.05) is 0 Å². The second kappa shape index (κ2) is 5.43. The predicted octanol–water partition coefficient (Wildman–Crippen LogP) is 4.84. The molecule has 0 aliphatic rings. The van der Waals surface area contributed by atoms with E-state index in [2.05, 4.69) is 15.9 Å². The third kappa shape index (κ3) is 2.28. The molecule has 1 unspecified atom stereocenters. The minimum Gasteiger partial charge on any atom is -0.463 e. The van der Waals surface area contributed by atoms with Gasteiger partial charge in [-0.3, -0.25) is 0 Å². The number of benzene rings is 2. The van der Waals surface area contributed by atoms with E-state index in [9.17, 15) is 5.11 Å². The van der Waals surface area contributed by atoms with Gasteiger partial charge in [0.05, 0.1) is 0 Å². The maximum Gasteiger partial charge on any atom is 0.137 e. The number of aliphatic hydroxyl groups is 1. The minimum atomic E-state index is -0.742. The first-order chi connectivity index (χ1) is 9.70. The molecule has 1 aromatic heterocycles. The van der Waals surface area contributed by atoms with E-state index in [1.807, 2.05) is 55.5 Å². The van der Waals surface area contributed by atoms with Crippen molar-refractivity contribution in [3.8, 4) is 0 Å². The van der Waals surface area contributed by atoms with Crippen molar-refractivity contribution in [1.29, 1.82) is 0 Å². The molecule has 0 spiro atoms. The summed E-state index contributed by atoms with van der Waals surface area (Å²) in [5, 5.41) is 12.7. The summed E-state index contributed by atoms with van der Waals surface area (Å²) in [5.74, 6) is 1.48. The molecule has 3 heteroatoms. The van der Waals surface area contributed by atoms with E-state index >= 15 is 0 Å². The highest BCUT2D eigenvalue weighted by Crippen LogP contribution is 2.33. The van der Waals surface area contributed by atoms with Crippen LogP contribution in [0.4, 0.5) is 0 Å². The van der Waals surface area contributed by atoms with Crippen LogP contribution in [0.3, 0.4) is 0 Å². The van der Waals surface area contributed by atoms with Gasteiger partial charge in [0, 0.05) is 10.9 Å². The lowest BCUT2D eigenvalue weighted by Gasteiger charge is -2.12. The van der Waals surface area contributed by atoms with E-state index in [4.69, 9.17) is 4.42 Å². The van der Waals surface area contributed by atoms with Crippen LogP contribution in [0.25, 0.3) is 10.8 Å². The number of hydrogen-bond donors (Lipinski definition) is 1. The number of furan rings is 1. The zero-order valence-electron chi connectivity index (χ0n) is 11.1. The molecule has 20 heavy (non-hydrogen) atoms. The van der Waals surface area contributed by atoms with E-state index < -0.39 is 6.10 Å². The average Bonchev–Trinajstić information content (AvgIpc) is 2.96. The monoisotopic (exact) mass is 330 g/mol. The molecule has 0 amide bonds. The van der Waals surface area contributed by atoms with Gasteiger partial charge >= 0.3 is 0 Å². The maximum atomic E-state index is 10.6. The van der Waals surface area contributed by atoms with Crippen molar-refractivity contribution in [2.45, 2.75) is 19.4 Å². The molecule has 0 radical (unpaired) electrons. The van der Waals surface area contributed by atoms with Crippen molar-refractivity contribution >= 4 is 26.7 Å². The molecule has 102 valence electrons. The van der Waals surface area contributed by atoms with Crippen LogP contribution in [0.5, 0.6) is 0 Å². The van der Waals surface area contributed by atoms with Crippen molar-refractivity contribution in [3.63, 3.8) is 0 Å². The highest BCUT2D eigenvalue weighted by atomic mass is 79.9. The van der Waals surface area contributed by atoms with Crippen molar-refractivity contribution in [3.05, 3.63) is 70.1 Å². The number of aryl methyl sites for hydroxylation is 1. The molecule has 0 aliphatic heterocycles. The predicted molar refractivity (Wildman–Crippen MR) is 83.8 cm³/mol. The first-order valence-electron chi connectivity index (χ1n) is 6.64. The number of aliphatic hydroxyl groups excluding tert-OH is 1. The minimum absolute atomic E-state index is 0.592. The van der Waals surface area contributed by atoms with Crippen molar-refractivity contribution in [2.24, 2.45) is 0 Å². The Bertz CT molecular complexity index is 746. The van der Waals surface area contributed by atoms with E-state index in [1.165, 1.54) is 0 Å². The van der Waals surface area contributed by atoms with Crippen molar-refractivity contribution in [1.82, 2.24) is 0 Å². The third-order valence-electron chi connectivity index (χ3n) is 3.50. The quantitative estimate of drug-likeness (QED) is 0.745. The summed E-state index contributed by atoms with van der Waals surface area (Å²) in [6, 6.07) is 15.7. The highest BCUT2D eigenvalue weighted by Gasteiger charge is 2.17. The number of rotatable bonds is 3. The first kappa shape index (κ1) is 13.4. The normalized spacial score (nSPS) is 12.8. The van der Waals surface area contributed by atoms with Gasteiger partial charge in [-0.2, -0.15) is 0 Å². The van der Waals surface area contributed by atoms with Gasteiger partial charge in [-0.05, 0) is 34.5 Å².